The first kappa shape index (κ1) is 16.1. The summed E-state index contributed by atoms with van der Waals surface area (Å²) in [5.41, 5.74) is 2.31. The first-order valence-electron chi connectivity index (χ1n) is 8.06. The first-order valence-corrected chi connectivity index (χ1v) is 8.06. The van der Waals surface area contributed by atoms with Crippen molar-refractivity contribution >= 4 is 23.3 Å². The molecule has 5 nitrogen and oxygen atoms in total. The summed E-state index contributed by atoms with van der Waals surface area (Å²) in [6.45, 7) is 4.87. The Bertz CT molecular complexity index is 741. The van der Waals surface area contributed by atoms with E-state index in [1.165, 1.54) is 0 Å². The van der Waals surface area contributed by atoms with Crippen LogP contribution in [0.15, 0.2) is 59.6 Å². The molecule has 0 radical (unpaired) electrons. The number of para-hydroxylation sites is 1. The van der Waals surface area contributed by atoms with E-state index in [1.807, 2.05) is 54.6 Å². The average molecular weight is 323 g/mol. The Balaban J connectivity index is 1.67. The number of carbonyl (C=O) groups excluding carboxylic acids is 1. The lowest BCUT2D eigenvalue weighted by Crippen LogP contribution is -2.19. The summed E-state index contributed by atoms with van der Waals surface area (Å²) < 4.78 is 5.69. The second-order valence-electron chi connectivity index (χ2n) is 6.08. The number of nitrogens with zero attached hydrogens (tertiary/aromatic N) is 1. The van der Waals surface area contributed by atoms with Crippen molar-refractivity contribution in [1.29, 1.82) is 0 Å². The zero-order valence-electron chi connectivity index (χ0n) is 13.8. The van der Waals surface area contributed by atoms with Crippen LogP contribution in [-0.4, -0.2) is 24.6 Å². The van der Waals surface area contributed by atoms with Crippen LogP contribution in [0.25, 0.3) is 0 Å². The largest absolute Gasteiger partial charge is 0.475 e. The molecule has 2 amide bonds. The number of carbonyl (C=O) groups is 1. The van der Waals surface area contributed by atoms with Crippen LogP contribution in [0.2, 0.25) is 0 Å². The number of nitrogens with one attached hydrogen (secondary N) is 2. The Kier molecular flexibility index (Phi) is 4.79. The second-order valence-corrected chi connectivity index (χ2v) is 6.08. The van der Waals surface area contributed by atoms with Gasteiger partial charge in [-0.1, -0.05) is 38.1 Å². The Hall–Kier alpha value is -2.82. The van der Waals surface area contributed by atoms with Crippen LogP contribution in [-0.2, 0) is 4.74 Å². The van der Waals surface area contributed by atoms with Crippen LogP contribution in [0.3, 0.4) is 0 Å². The molecule has 2 aromatic rings. The van der Waals surface area contributed by atoms with Gasteiger partial charge in [0.05, 0.1) is 6.04 Å². The van der Waals surface area contributed by atoms with Crippen molar-refractivity contribution in [3.8, 4) is 0 Å². The third-order valence-corrected chi connectivity index (χ3v) is 3.84. The lowest BCUT2D eigenvalue weighted by atomic mass is 10.1. The Labute approximate surface area is 141 Å². The molecule has 0 unspecified atom stereocenters. The normalized spacial score (nSPS) is 16.5. The minimum absolute atomic E-state index is 0.193. The van der Waals surface area contributed by atoms with Gasteiger partial charge in [0.2, 0.25) is 5.90 Å². The SMILES string of the molecule is CC(C)[C@H]1COC(c2cccc(NC(=O)Nc3ccccc3)c2)=N1. The molecule has 1 atom stereocenters. The van der Waals surface area contributed by atoms with Crippen LogP contribution >= 0.6 is 0 Å². The molecule has 0 spiro atoms. The van der Waals surface area contributed by atoms with Crippen molar-refractivity contribution in [2.24, 2.45) is 10.9 Å². The van der Waals surface area contributed by atoms with Gasteiger partial charge >= 0.3 is 6.03 Å². The van der Waals surface area contributed by atoms with Crippen molar-refractivity contribution in [2.75, 3.05) is 17.2 Å². The average Bonchev–Trinajstić information content (AvgIpc) is 3.06. The molecule has 0 saturated carbocycles. The Morgan fingerprint density at radius 2 is 1.79 bits per heavy atom. The number of ether oxygens (including phenoxy) is 1. The maximum atomic E-state index is 12.1. The number of rotatable bonds is 4. The molecule has 124 valence electrons. The predicted octanol–water partition coefficient (Wildman–Crippen LogP) is 4.13. The van der Waals surface area contributed by atoms with Crippen molar-refractivity contribution in [1.82, 2.24) is 0 Å². The molecule has 24 heavy (non-hydrogen) atoms. The summed E-state index contributed by atoms with van der Waals surface area (Å²) in [7, 11) is 0. The summed E-state index contributed by atoms with van der Waals surface area (Å²) in [4.78, 5) is 16.7. The smallest absolute Gasteiger partial charge is 0.323 e. The van der Waals surface area contributed by atoms with Gasteiger partial charge in [-0.05, 0) is 36.2 Å². The molecule has 0 bridgehead atoms. The second kappa shape index (κ2) is 7.17. The molecule has 0 aliphatic carbocycles. The number of aliphatic imine (C=N–C) groups is 1. The number of anilines is 2. The van der Waals surface area contributed by atoms with Crippen molar-refractivity contribution in [2.45, 2.75) is 19.9 Å². The quantitative estimate of drug-likeness (QED) is 0.888. The number of benzene rings is 2. The summed E-state index contributed by atoms with van der Waals surface area (Å²) >= 11 is 0. The van der Waals surface area contributed by atoms with Crippen LogP contribution in [0.4, 0.5) is 16.2 Å². The van der Waals surface area contributed by atoms with Crippen molar-refractivity contribution < 1.29 is 9.53 Å². The fraction of sp³-hybridized carbons (Fsp3) is 0.263. The highest BCUT2D eigenvalue weighted by atomic mass is 16.5. The van der Waals surface area contributed by atoms with Crippen LogP contribution < -0.4 is 10.6 Å². The van der Waals surface area contributed by atoms with E-state index in [1.54, 1.807) is 0 Å². The van der Waals surface area contributed by atoms with E-state index in [2.05, 4.69) is 29.5 Å². The van der Waals surface area contributed by atoms with E-state index >= 15 is 0 Å². The maximum absolute atomic E-state index is 12.1. The molecule has 0 saturated heterocycles. The third kappa shape index (κ3) is 3.93. The molecule has 0 aromatic heterocycles. The topological polar surface area (TPSA) is 62.7 Å². The Morgan fingerprint density at radius 1 is 1.08 bits per heavy atom. The lowest BCUT2D eigenvalue weighted by molar-refractivity contribution is 0.262. The summed E-state index contributed by atoms with van der Waals surface area (Å²) in [5.74, 6) is 1.08. The summed E-state index contributed by atoms with van der Waals surface area (Å²) in [6, 6.07) is 16.7. The van der Waals surface area contributed by atoms with Crippen molar-refractivity contribution in [3.63, 3.8) is 0 Å². The van der Waals surface area contributed by atoms with Gasteiger partial charge < -0.3 is 15.4 Å². The van der Waals surface area contributed by atoms with E-state index in [-0.39, 0.29) is 12.1 Å². The summed E-state index contributed by atoms with van der Waals surface area (Å²) in [6.07, 6.45) is 0. The van der Waals surface area contributed by atoms with E-state index < -0.39 is 0 Å². The summed E-state index contributed by atoms with van der Waals surface area (Å²) in [5, 5.41) is 5.62. The van der Waals surface area contributed by atoms with Gasteiger partial charge in [-0.3, -0.25) is 0 Å². The number of urea groups is 1. The molecule has 2 aromatic carbocycles. The van der Waals surface area contributed by atoms with Gasteiger partial charge in [0, 0.05) is 16.9 Å². The zero-order valence-corrected chi connectivity index (χ0v) is 13.8. The third-order valence-electron chi connectivity index (χ3n) is 3.84. The lowest BCUT2D eigenvalue weighted by Gasteiger charge is -2.09. The van der Waals surface area contributed by atoms with E-state index in [0.717, 1.165) is 11.3 Å². The van der Waals surface area contributed by atoms with Crippen LogP contribution in [0, 0.1) is 5.92 Å². The molecule has 1 aliphatic heterocycles. The molecular weight excluding hydrogens is 302 g/mol. The standard InChI is InChI=1S/C19H21N3O2/c1-13(2)17-12-24-18(22-17)14-7-6-10-16(11-14)21-19(23)20-15-8-4-3-5-9-15/h3-11,13,17H,12H2,1-2H3,(H2,20,21,23)/t17-/m1/s1. The van der Waals surface area contributed by atoms with Gasteiger partial charge in [-0.25, -0.2) is 9.79 Å². The highest BCUT2D eigenvalue weighted by Crippen LogP contribution is 2.20. The fourth-order valence-electron chi connectivity index (χ4n) is 2.43. The van der Waals surface area contributed by atoms with Crippen LogP contribution in [0.5, 0.6) is 0 Å². The molecule has 0 fully saturated rings. The van der Waals surface area contributed by atoms with Gasteiger partial charge in [0.25, 0.3) is 0 Å². The maximum Gasteiger partial charge on any atom is 0.323 e. The molecule has 2 N–H and O–H groups in total. The van der Waals surface area contributed by atoms with Crippen LogP contribution in [0.1, 0.15) is 19.4 Å². The number of hydrogen-bond acceptors (Lipinski definition) is 3. The molecule has 5 heteroatoms. The zero-order chi connectivity index (χ0) is 16.9. The predicted molar refractivity (Wildman–Crippen MR) is 96.6 cm³/mol. The van der Waals surface area contributed by atoms with E-state index in [4.69, 9.17) is 4.74 Å². The number of amides is 2. The van der Waals surface area contributed by atoms with Gasteiger partial charge in [0.1, 0.15) is 6.61 Å². The number of hydrogen-bond donors (Lipinski definition) is 2. The fourth-order valence-corrected chi connectivity index (χ4v) is 2.43. The van der Waals surface area contributed by atoms with Gasteiger partial charge in [-0.2, -0.15) is 0 Å². The van der Waals surface area contributed by atoms with Gasteiger partial charge in [-0.15, -0.1) is 0 Å². The van der Waals surface area contributed by atoms with Crippen molar-refractivity contribution in [3.05, 3.63) is 60.2 Å². The minimum Gasteiger partial charge on any atom is -0.475 e. The Morgan fingerprint density at radius 3 is 2.50 bits per heavy atom. The first-order chi connectivity index (χ1) is 11.6. The minimum atomic E-state index is -0.285. The highest BCUT2D eigenvalue weighted by Gasteiger charge is 2.22. The molecule has 3 rings (SSSR count). The monoisotopic (exact) mass is 323 g/mol. The highest BCUT2D eigenvalue weighted by molar-refractivity contribution is 6.01. The van der Waals surface area contributed by atoms with Gasteiger partial charge in [0.15, 0.2) is 0 Å². The molecule has 1 aliphatic rings. The van der Waals surface area contributed by atoms with E-state index in [0.29, 0.717) is 24.1 Å². The molecule has 1 heterocycles. The van der Waals surface area contributed by atoms with E-state index in [9.17, 15) is 4.79 Å². The molecular formula is C19H21N3O2.